The van der Waals surface area contributed by atoms with Gasteiger partial charge in [-0.15, -0.1) is 0 Å². The van der Waals surface area contributed by atoms with E-state index in [0.29, 0.717) is 11.1 Å². The second kappa shape index (κ2) is 4.13. The van der Waals surface area contributed by atoms with Crippen LogP contribution in [0, 0.1) is 0 Å². The molecular formula is C10H13NO3. The molecule has 0 aliphatic carbocycles. The maximum atomic E-state index is 9.49. The number of phenols is 2. The first-order valence-electron chi connectivity index (χ1n) is 4.16. The fourth-order valence-electron chi connectivity index (χ4n) is 1.20. The standard InChI is InChI=1S/C10H13NO3/c1-2-6-3-8(12)9(13)4-7(6)10(14)5-11/h2-4,10,12-14H,1,5,11H2/t10-/m0/s1. The van der Waals surface area contributed by atoms with Crippen molar-refractivity contribution in [3.8, 4) is 11.5 Å². The van der Waals surface area contributed by atoms with Crippen molar-refractivity contribution in [3.05, 3.63) is 29.8 Å². The Balaban J connectivity index is 3.26. The third-order valence-electron chi connectivity index (χ3n) is 1.98. The van der Waals surface area contributed by atoms with Crippen LogP contribution in [0.3, 0.4) is 0 Å². The van der Waals surface area contributed by atoms with E-state index in [1.165, 1.54) is 18.2 Å². The lowest BCUT2D eigenvalue weighted by molar-refractivity contribution is 0.186. The van der Waals surface area contributed by atoms with E-state index >= 15 is 0 Å². The highest BCUT2D eigenvalue weighted by atomic mass is 16.3. The summed E-state index contributed by atoms with van der Waals surface area (Å²) in [5, 5.41) is 27.9. The second-order valence-electron chi connectivity index (χ2n) is 2.93. The van der Waals surface area contributed by atoms with E-state index in [-0.39, 0.29) is 18.0 Å². The number of hydrogen-bond donors (Lipinski definition) is 4. The van der Waals surface area contributed by atoms with Crippen LogP contribution in [-0.4, -0.2) is 21.9 Å². The largest absolute Gasteiger partial charge is 0.504 e. The molecule has 5 N–H and O–H groups in total. The van der Waals surface area contributed by atoms with E-state index in [2.05, 4.69) is 6.58 Å². The summed E-state index contributed by atoms with van der Waals surface area (Å²) in [6, 6.07) is 2.61. The minimum Gasteiger partial charge on any atom is -0.504 e. The Bertz CT molecular complexity index is 349. The van der Waals surface area contributed by atoms with Crippen molar-refractivity contribution >= 4 is 6.08 Å². The fraction of sp³-hybridized carbons (Fsp3) is 0.200. The van der Waals surface area contributed by atoms with E-state index in [0.717, 1.165) is 0 Å². The number of nitrogens with two attached hydrogens (primary N) is 1. The van der Waals surface area contributed by atoms with Crippen LogP contribution in [-0.2, 0) is 0 Å². The third kappa shape index (κ3) is 1.86. The Hall–Kier alpha value is -1.52. The summed E-state index contributed by atoms with van der Waals surface area (Å²) in [6.45, 7) is 3.58. The van der Waals surface area contributed by atoms with Crippen LogP contribution < -0.4 is 5.73 Å². The van der Waals surface area contributed by atoms with Gasteiger partial charge in [0.05, 0.1) is 6.10 Å². The highest BCUT2D eigenvalue weighted by Crippen LogP contribution is 2.31. The normalized spacial score (nSPS) is 12.4. The van der Waals surface area contributed by atoms with Crippen LogP contribution in [0.2, 0.25) is 0 Å². The molecule has 0 saturated carbocycles. The van der Waals surface area contributed by atoms with Crippen LogP contribution in [0.15, 0.2) is 18.7 Å². The Morgan fingerprint density at radius 1 is 1.36 bits per heavy atom. The van der Waals surface area contributed by atoms with Gasteiger partial charge in [-0.25, -0.2) is 0 Å². The number of aliphatic hydroxyl groups is 1. The zero-order chi connectivity index (χ0) is 10.7. The zero-order valence-corrected chi connectivity index (χ0v) is 7.64. The Kier molecular flexibility index (Phi) is 3.11. The van der Waals surface area contributed by atoms with Gasteiger partial charge in [-0.05, 0) is 23.3 Å². The van der Waals surface area contributed by atoms with Crippen LogP contribution in [0.25, 0.3) is 6.08 Å². The molecule has 76 valence electrons. The summed E-state index contributed by atoms with van der Waals surface area (Å²) in [5.41, 5.74) is 6.30. The molecule has 4 nitrogen and oxygen atoms in total. The lowest BCUT2D eigenvalue weighted by Gasteiger charge is -2.12. The molecule has 0 radical (unpaired) electrons. The Morgan fingerprint density at radius 3 is 2.43 bits per heavy atom. The number of benzene rings is 1. The predicted octanol–water partition coefficient (Wildman–Crippen LogP) is 0.733. The fourth-order valence-corrected chi connectivity index (χ4v) is 1.20. The summed E-state index contributed by atoms with van der Waals surface area (Å²) in [5.74, 6) is -0.522. The third-order valence-corrected chi connectivity index (χ3v) is 1.98. The van der Waals surface area contributed by atoms with Gasteiger partial charge in [-0.2, -0.15) is 0 Å². The molecule has 0 amide bonds. The van der Waals surface area contributed by atoms with E-state index in [9.17, 15) is 15.3 Å². The van der Waals surface area contributed by atoms with Gasteiger partial charge in [-0.3, -0.25) is 0 Å². The van der Waals surface area contributed by atoms with Gasteiger partial charge in [0.1, 0.15) is 0 Å². The Morgan fingerprint density at radius 2 is 1.93 bits per heavy atom. The number of phenolic OH excluding ortho intramolecular Hbond substituents is 2. The molecule has 0 heterocycles. The number of hydrogen-bond acceptors (Lipinski definition) is 4. The van der Waals surface area contributed by atoms with Gasteiger partial charge in [-0.1, -0.05) is 12.7 Å². The topological polar surface area (TPSA) is 86.7 Å². The zero-order valence-electron chi connectivity index (χ0n) is 7.64. The average molecular weight is 195 g/mol. The molecule has 14 heavy (non-hydrogen) atoms. The highest BCUT2D eigenvalue weighted by Gasteiger charge is 2.12. The first kappa shape index (κ1) is 10.6. The molecule has 1 aromatic rings. The van der Waals surface area contributed by atoms with Gasteiger partial charge in [0.25, 0.3) is 0 Å². The maximum absolute atomic E-state index is 9.49. The molecule has 1 atom stereocenters. The molecule has 0 aliphatic rings. The molecule has 4 heteroatoms. The SMILES string of the molecule is C=Cc1cc(O)c(O)cc1[C@@H](O)CN. The molecule has 0 spiro atoms. The van der Waals surface area contributed by atoms with Crippen LogP contribution >= 0.6 is 0 Å². The van der Waals surface area contributed by atoms with Crippen molar-refractivity contribution in [2.24, 2.45) is 5.73 Å². The first-order chi connectivity index (χ1) is 6.60. The highest BCUT2D eigenvalue weighted by molar-refractivity contribution is 5.59. The summed E-state index contributed by atoms with van der Waals surface area (Å²) in [7, 11) is 0. The minimum absolute atomic E-state index is 0.0467. The van der Waals surface area contributed by atoms with Gasteiger partial charge in [0, 0.05) is 6.54 Å². The van der Waals surface area contributed by atoms with E-state index in [4.69, 9.17) is 5.73 Å². The molecule has 0 unspecified atom stereocenters. The number of aromatic hydroxyl groups is 2. The van der Waals surface area contributed by atoms with Crippen molar-refractivity contribution in [1.82, 2.24) is 0 Å². The average Bonchev–Trinajstić information content (AvgIpc) is 2.20. The molecule has 0 aliphatic heterocycles. The molecule has 0 aromatic heterocycles. The molecular weight excluding hydrogens is 182 g/mol. The minimum atomic E-state index is -0.866. The monoisotopic (exact) mass is 195 g/mol. The van der Waals surface area contributed by atoms with Gasteiger partial charge >= 0.3 is 0 Å². The summed E-state index contributed by atoms with van der Waals surface area (Å²) in [6.07, 6.45) is 0.613. The lowest BCUT2D eigenvalue weighted by Crippen LogP contribution is -2.12. The van der Waals surface area contributed by atoms with Crippen molar-refractivity contribution in [3.63, 3.8) is 0 Å². The molecule has 1 rings (SSSR count). The van der Waals surface area contributed by atoms with E-state index in [1.807, 2.05) is 0 Å². The molecule has 0 fully saturated rings. The quantitative estimate of drug-likeness (QED) is 0.535. The maximum Gasteiger partial charge on any atom is 0.158 e. The van der Waals surface area contributed by atoms with E-state index < -0.39 is 6.10 Å². The van der Waals surface area contributed by atoms with Crippen LogP contribution in [0.1, 0.15) is 17.2 Å². The van der Waals surface area contributed by atoms with E-state index in [1.54, 1.807) is 0 Å². The number of rotatable bonds is 3. The first-order valence-corrected chi connectivity index (χ1v) is 4.16. The smallest absolute Gasteiger partial charge is 0.158 e. The number of aliphatic hydroxyl groups excluding tert-OH is 1. The van der Waals surface area contributed by atoms with Crippen LogP contribution in [0.5, 0.6) is 11.5 Å². The van der Waals surface area contributed by atoms with Crippen molar-refractivity contribution in [2.45, 2.75) is 6.10 Å². The van der Waals surface area contributed by atoms with Crippen LogP contribution in [0.4, 0.5) is 0 Å². The summed E-state index contributed by atoms with van der Waals surface area (Å²) >= 11 is 0. The lowest BCUT2D eigenvalue weighted by atomic mass is 10.0. The van der Waals surface area contributed by atoms with Gasteiger partial charge in [0.15, 0.2) is 11.5 Å². The summed E-state index contributed by atoms with van der Waals surface area (Å²) < 4.78 is 0. The van der Waals surface area contributed by atoms with Crippen molar-refractivity contribution in [1.29, 1.82) is 0 Å². The van der Waals surface area contributed by atoms with Gasteiger partial charge < -0.3 is 21.1 Å². The predicted molar refractivity (Wildman–Crippen MR) is 53.9 cm³/mol. The Labute approximate surface area is 81.9 Å². The molecule has 1 aromatic carbocycles. The molecule has 0 saturated heterocycles. The van der Waals surface area contributed by atoms with Crippen molar-refractivity contribution < 1.29 is 15.3 Å². The second-order valence-corrected chi connectivity index (χ2v) is 2.93. The van der Waals surface area contributed by atoms with Crippen molar-refractivity contribution in [2.75, 3.05) is 6.54 Å². The van der Waals surface area contributed by atoms with Gasteiger partial charge in [0.2, 0.25) is 0 Å². The molecule has 0 bridgehead atoms. The summed E-state index contributed by atoms with van der Waals surface area (Å²) in [4.78, 5) is 0.